The third-order valence-electron chi connectivity index (χ3n) is 3.41. The lowest BCUT2D eigenvalue weighted by molar-refractivity contribution is 0.216. The first-order valence-corrected chi connectivity index (χ1v) is 8.46. The summed E-state index contributed by atoms with van der Waals surface area (Å²) in [4.78, 5) is 6.56. The Hall–Kier alpha value is -1.73. The van der Waals surface area contributed by atoms with Crippen molar-refractivity contribution < 1.29 is 12.9 Å². The molecule has 1 atom stereocenters. The summed E-state index contributed by atoms with van der Waals surface area (Å²) < 4.78 is 28.0. The molecule has 0 bridgehead atoms. The van der Waals surface area contributed by atoms with Crippen LogP contribution in [0, 0.1) is 6.92 Å². The lowest BCUT2D eigenvalue weighted by atomic mass is 10.1. The van der Waals surface area contributed by atoms with E-state index in [0.29, 0.717) is 23.2 Å². The number of aromatic nitrogens is 2. The van der Waals surface area contributed by atoms with E-state index in [1.54, 1.807) is 19.1 Å². The van der Waals surface area contributed by atoms with Gasteiger partial charge in [0.1, 0.15) is 0 Å². The predicted molar refractivity (Wildman–Crippen MR) is 78.5 cm³/mol. The van der Waals surface area contributed by atoms with Crippen molar-refractivity contribution >= 4 is 9.84 Å². The zero-order chi connectivity index (χ0) is 15.6. The van der Waals surface area contributed by atoms with Crippen molar-refractivity contribution in [3.05, 3.63) is 41.5 Å². The minimum Gasteiger partial charge on any atom is -0.338 e. The van der Waals surface area contributed by atoms with E-state index in [0.717, 1.165) is 5.56 Å². The van der Waals surface area contributed by atoms with Gasteiger partial charge >= 0.3 is 0 Å². The maximum atomic E-state index is 11.5. The lowest BCUT2D eigenvalue weighted by Gasteiger charge is -2.23. The van der Waals surface area contributed by atoms with Crippen molar-refractivity contribution in [1.82, 2.24) is 15.0 Å². The molecule has 0 fully saturated rings. The maximum Gasteiger partial charge on any atom is 0.240 e. The molecule has 0 amide bonds. The zero-order valence-corrected chi connectivity index (χ0v) is 13.4. The number of hydrogen-bond acceptors (Lipinski definition) is 6. The maximum absolute atomic E-state index is 11.5. The van der Waals surface area contributed by atoms with Gasteiger partial charge in [0, 0.05) is 12.3 Å². The van der Waals surface area contributed by atoms with E-state index >= 15 is 0 Å². The molecule has 7 heteroatoms. The molecule has 0 aliphatic rings. The highest BCUT2D eigenvalue weighted by atomic mass is 32.2. The third kappa shape index (κ3) is 3.89. The van der Waals surface area contributed by atoms with Crippen LogP contribution in [0.15, 0.2) is 33.7 Å². The van der Waals surface area contributed by atoms with Gasteiger partial charge < -0.3 is 4.52 Å². The Morgan fingerprint density at radius 2 is 1.90 bits per heavy atom. The molecule has 2 rings (SSSR count). The first-order chi connectivity index (χ1) is 9.77. The second-order valence-electron chi connectivity index (χ2n) is 5.17. The van der Waals surface area contributed by atoms with Crippen LogP contribution in [0.4, 0.5) is 0 Å². The fourth-order valence-electron chi connectivity index (χ4n) is 2.00. The van der Waals surface area contributed by atoms with Crippen LogP contribution < -0.4 is 0 Å². The standard InChI is InChI=1S/C14H19N3O3S/c1-10(17(3)9-14-15-11(2)16-20-14)12-5-7-13(8-6-12)21(4,18)19/h5-8,10H,9H2,1-4H3/t10-/m0/s1. The Balaban J connectivity index is 2.10. The van der Waals surface area contributed by atoms with Crippen LogP contribution in [0.2, 0.25) is 0 Å². The molecule has 0 aliphatic carbocycles. The minimum atomic E-state index is -3.16. The van der Waals surface area contributed by atoms with E-state index in [1.807, 2.05) is 26.1 Å². The number of aryl methyl sites for hydroxylation is 1. The van der Waals surface area contributed by atoms with Gasteiger partial charge in [-0.1, -0.05) is 17.3 Å². The topological polar surface area (TPSA) is 76.3 Å². The van der Waals surface area contributed by atoms with E-state index in [2.05, 4.69) is 15.0 Å². The Kier molecular flexibility index (Phi) is 4.43. The average Bonchev–Trinajstić information content (AvgIpc) is 2.82. The largest absolute Gasteiger partial charge is 0.338 e. The van der Waals surface area contributed by atoms with Gasteiger partial charge in [-0.3, -0.25) is 4.90 Å². The van der Waals surface area contributed by atoms with Crippen LogP contribution in [0.5, 0.6) is 0 Å². The Bertz CT molecular complexity index is 707. The van der Waals surface area contributed by atoms with Crippen LogP contribution in [0.1, 0.15) is 30.2 Å². The second kappa shape index (κ2) is 5.95. The van der Waals surface area contributed by atoms with Gasteiger partial charge in [-0.15, -0.1) is 0 Å². The van der Waals surface area contributed by atoms with Crippen molar-refractivity contribution in [2.75, 3.05) is 13.3 Å². The lowest BCUT2D eigenvalue weighted by Crippen LogP contribution is -2.22. The highest BCUT2D eigenvalue weighted by Gasteiger charge is 2.16. The number of rotatable bonds is 5. The molecule has 21 heavy (non-hydrogen) atoms. The van der Waals surface area contributed by atoms with Crippen LogP contribution in [-0.4, -0.2) is 36.8 Å². The fourth-order valence-corrected chi connectivity index (χ4v) is 2.63. The van der Waals surface area contributed by atoms with E-state index in [9.17, 15) is 8.42 Å². The molecule has 1 aromatic heterocycles. The third-order valence-corrected chi connectivity index (χ3v) is 4.53. The molecule has 1 heterocycles. The first kappa shape index (κ1) is 15.7. The molecule has 0 saturated heterocycles. The van der Waals surface area contributed by atoms with Crippen molar-refractivity contribution in [3.8, 4) is 0 Å². The highest BCUT2D eigenvalue weighted by molar-refractivity contribution is 7.90. The van der Waals surface area contributed by atoms with Gasteiger partial charge in [-0.2, -0.15) is 4.98 Å². The van der Waals surface area contributed by atoms with Crippen molar-refractivity contribution in [2.24, 2.45) is 0 Å². The van der Waals surface area contributed by atoms with Gasteiger partial charge in [0.25, 0.3) is 0 Å². The summed E-state index contributed by atoms with van der Waals surface area (Å²) >= 11 is 0. The van der Waals surface area contributed by atoms with Crippen LogP contribution in [-0.2, 0) is 16.4 Å². The predicted octanol–water partition coefficient (Wildman–Crippen LogP) is 1.97. The Labute approximate surface area is 124 Å². The fraction of sp³-hybridized carbons (Fsp3) is 0.429. The molecule has 114 valence electrons. The first-order valence-electron chi connectivity index (χ1n) is 6.57. The molecule has 6 nitrogen and oxygen atoms in total. The Morgan fingerprint density at radius 1 is 1.29 bits per heavy atom. The molecule has 1 aromatic carbocycles. The number of hydrogen-bond donors (Lipinski definition) is 0. The molecule has 0 aliphatic heterocycles. The summed E-state index contributed by atoms with van der Waals surface area (Å²) in [5.41, 5.74) is 1.03. The minimum absolute atomic E-state index is 0.103. The van der Waals surface area contributed by atoms with Gasteiger partial charge in [0.05, 0.1) is 11.4 Å². The van der Waals surface area contributed by atoms with Crippen LogP contribution in [0.3, 0.4) is 0 Å². The number of sulfone groups is 1. The van der Waals surface area contributed by atoms with Crippen molar-refractivity contribution in [3.63, 3.8) is 0 Å². The molecule has 0 radical (unpaired) electrons. The van der Waals surface area contributed by atoms with Gasteiger partial charge in [0.15, 0.2) is 15.7 Å². The van der Waals surface area contributed by atoms with E-state index in [1.165, 1.54) is 6.26 Å². The number of nitrogens with zero attached hydrogens (tertiary/aromatic N) is 3. The highest BCUT2D eigenvalue weighted by Crippen LogP contribution is 2.22. The summed E-state index contributed by atoms with van der Waals surface area (Å²) in [6.07, 6.45) is 1.20. The van der Waals surface area contributed by atoms with Crippen LogP contribution in [0.25, 0.3) is 0 Å². The van der Waals surface area contributed by atoms with E-state index in [-0.39, 0.29) is 6.04 Å². The van der Waals surface area contributed by atoms with Crippen molar-refractivity contribution in [2.45, 2.75) is 31.3 Å². The average molecular weight is 309 g/mol. The summed E-state index contributed by atoms with van der Waals surface area (Å²) in [5, 5.41) is 3.76. The normalized spacial score (nSPS) is 13.6. The Morgan fingerprint density at radius 3 is 2.38 bits per heavy atom. The summed E-state index contributed by atoms with van der Waals surface area (Å²) in [6.45, 7) is 4.36. The van der Waals surface area contributed by atoms with Crippen molar-refractivity contribution in [1.29, 1.82) is 0 Å². The molecule has 0 saturated carbocycles. The molecular weight excluding hydrogens is 290 g/mol. The zero-order valence-electron chi connectivity index (χ0n) is 12.6. The van der Waals surface area contributed by atoms with Crippen LogP contribution >= 0.6 is 0 Å². The summed E-state index contributed by atoms with van der Waals surface area (Å²) in [5.74, 6) is 1.18. The van der Waals surface area contributed by atoms with E-state index < -0.39 is 9.84 Å². The molecule has 0 N–H and O–H groups in total. The molecule has 0 unspecified atom stereocenters. The molecular formula is C14H19N3O3S. The van der Waals surface area contributed by atoms with Gasteiger partial charge in [-0.05, 0) is 38.6 Å². The summed E-state index contributed by atoms with van der Waals surface area (Å²) in [6, 6.07) is 7.02. The van der Waals surface area contributed by atoms with E-state index in [4.69, 9.17) is 4.52 Å². The SMILES string of the molecule is Cc1noc(CN(C)[C@@H](C)c2ccc(S(C)(=O)=O)cc2)n1. The smallest absolute Gasteiger partial charge is 0.240 e. The molecule has 0 spiro atoms. The number of benzene rings is 1. The quantitative estimate of drug-likeness (QED) is 0.840. The van der Waals surface area contributed by atoms with Gasteiger partial charge in [0.2, 0.25) is 5.89 Å². The summed E-state index contributed by atoms with van der Waals surface area (Å²) in [7, 11) is -1.21. The van der Waals surface area contributed by atoms with Gasteiger partial charge in [-0.25, -0.2) is 8.42 Å². The second-order valence-corrected chi connectivity index (χ2v) is 7.18. The monoisotopic (exact) mass is 309 g/mol. The molecule has 2 aromatic rings.